The number of amides is 1. The summed E-state index contributed by atoms with van der Waals surface area (Å²) in [6.45, 7) is 1.90. The zero-order valence-electron chi connectivity index (χ0n) is 11.8. The molecule has 1 amide bonds. The normalized spacial score (nSPS) is 12.3. The molecule has 0 aliphatic rings. The van der Waals surface area contributed by atoms with Gasteiger partial charge in [-0.1, -0.05) is 35.3 Å². The lowest BCUT2D eigenvalue weighted by molar-refractivity contribution is 0.0914. The van der Waals surface area contributed by atoms with Gasteiger partial charge < -0.3 is 9.73 Å². The highest BCUT2D eigenvalue weighted by Gasteiger charge is 2.15. The van der Waals surface area contributed by atoms with Gasteiger partial charge >= 0.3 is 0 Å². The molecule has 1 heterocycles. The molecule has 0 saturated heterocycles. The van der Waals surface area contributed by atoms with E-state index in [-0.39, 0.29) is 17.7 Å². The largest absolute Gasteiger partial charge is 0.451 e. The highest BCUT2D eigenvalue weighted by molar-refractivity contribution is 6.31. The van der Waals surface area contributed by atoms with Gasteiger partial charge in [0.15, 0.2) is 5.76 Å². The van der Waals surface area contributed by atoms with Gasteiger partial charge in [-0.25, -0.2) is 0 Å². The van der Waals surface area contributed by atoms with Crippen molar-refractivity contribution in [3.05, 3.63) is 69.9 Å². The van der Waals surface area contributed by atoms with Gasteiger partial charge in [0.1, 0.15) is 5.58 Å². The van der Waals surface area contributed by atoms with Gasteiger partial charge in [-0.05, 0) is 48.9 Å². The number of benzene rings is 2. The zero-order valence-corrected chi connectivity index (χ0v) is 13.3. The summed E-state index contributed by atoms with van der Waals surface area (Å²) in [6, 6.07) is 14.1. The van der Waals surface area contributed by atoms with Gasteiger partial charge in [-0.2, -0.15) is 0 Å². The predicted octanol–water partition coefficient (Wildman–Crippen LogP) is 5.23. The van der Waals surface area contributed by atoms with Crippen LogP contribution in [0.15, 0.2) is 52.9 Å². The Labute approximate surface area is 137 Å². The Kier molecular flexibility index (Phi) is 4.10. The molecule has 2 aromatic carbocycles. The smallest absolute Gasteiger partial charge is 0.287 e. The molecule has 112 valence electrons. The number of furan rings is 1. The predicted molar refractivity (Wildman–Crippen MR) is 88.6 cm³/mol. The second-order valence-electron chi connectivity index (χ2n) is 5.04. The molecule has 1 N–H and O–H groups in total. The number of hydrogen-bond acceptors (Lipinski definition) is 2. The third-order valence-electron chi connectivity index (χ3n) is 3.42. The second-order valence-corrected chi connectivity index (χ2v) is 5.91. The van der Waals surface area contributed by atoms with Crippen LogP contribution in [0.1, 0.15) is 29.1 Å². The Balaban J connectivity index is 1.79. The van der Waals surface area contributed by atoms with Crippen molar-refractivity contribution in [3.63, 3.8) is 0 Å². The van der Waals surface area contributed by atoms with E-state index in [2.05, 4.69) is 5.32 Å². The fourth-order valence-corrected chi connectivity index (χ4v) is 2.54. The van der Waals surface area contributed by atoms with Crippen LogP contribution in [-0.4, -0.2) is 5.91 Å². The maximum absolute atomic E-state index is 12.3. The molecule has 0 fully saturated rings. The summed E-state index contributed by atoms with van der Waals surface area (Å²) >= 11 is 11.8. The number of rotatable bonds is 3. The molecule has 0 saturated carbocycles. The van der Waals surface area contributed by atoms with Crippen molar-refractivity contribution in [3.8, 4) is 0 Å². The third kappa shape index (κ3) is 3.11. The van der Waals surface area contributed by atoms with E-state index in [0.29, 0.717) is 15.6 Å². The van der Waals surface area contributed by atoms with Crippen LogP contribution in [0.3, 0.4) is 0 Å². The molecule has 1 atom stereocenters. The summed E-state index contributed by atoms with van der Waals surface area (Å²) < 4.78 is 5.55. The molecule has 5 heteroatoms. The first-order valence-corrected chi connectivity index (χ1v) is 7.54. The van der Waals surface area contributed by atoms with Crippen LogP contribution in [-0.2, 0) is 0 Å². The second kappa shape index (κ2) is 6.03. The van der Waals surface area contributed by atoms with E-state index in [4.69, 9.17) is 27.6 Å². The Morgan fingerprint density at radius 1 is 1.05 bits per heavy atom. The zero-order chi connectivity index (χ0) is 15.7. The topological polar surface area (TPSA) is 42.2 Å². The molecule has 1 unspecified atom stereocenters. The minimum absolute atomic E-state index is 0.151. The SMILES string of the molecule is CC(NC(=O)c1cc2cc(Cl)ccc2o1)c1ccc(Cl)cc1. The van der Waals surface area contributed by atoms with Crippen LogP contribution in [0, 0.1) is 0 Å². The van der Waals surface area contributed by atoms with Crippen molar-refractivity contribution >= 4 is 40.1 Å². The molecule has 0 aliphatic carbocycles. The fourth-order valence-electron chi connectivity index (χ4n) is 2.23. The van der Waals surface area contributed by atoms with Gasteiger partial charge in [0.05, 0.1) is 6.04 Å². The summed E-state index contributed by atoms with van der Waals surface area (Å²) in [5.41, 5.74) is 1.60. The van der Waals surface area contributed by atoms with Crippen molar-refractivity contribution in [2.45, 2.75) is 13.0 Å². The molecule has 3 aromatic rings. The average Bonchev–Trinajstić information content (AvgIpc) is 2.91. The lowest BCUT2D eigenvalue weighted by Gasteiger charge is -2.13. The molecule has 0 spiro atoms. The molecular weight excluding hydrogens is 321 g/mol. The Morgan fingerprint density at radius 2 is 1.73 bits per heavy atom. The minimum atomic E-state index is -0.269. The molecule has 3 nitrogen and oxygen atoms in total. The van der Waals surface area contributed by atoms with Gasteiger partial charge in [-0.3, -0.25) is 4.79 Å². The highest BCUT2D eigenvalue weighted by atomic mass is 35.5. The molecule has 1 aromatic heterocycles. The van der Waals surface area contributed by atoms with Crippen molar-refractivity contribution in [1.82, 2.24) is 5.32 Å². The Hall–Kier alpha value is -1.97. The summed E-state index contributed by atoms with van der Waals surface area (Å²) in [5, 5.41) is 4.97. The lowest BCUT2D eigenvalue weighted by Crippen LogP contribution is -2.26. The van der Waals surface area contributed by atoms with Crippen LogP contribution in [0.25, 0.3) is 11.0 Å². The van der Waals surface area contributed by atoms with Gasteiger partial charge in [-0.15, -0.1) is 0 Å². The number of fused-ring (bicyclic) bond motifs is 1. The molecule has 0 radical (unpaired) electrons. The van der Waals surface area contributed by atoms with Gasteiger partial charge in [0.2, 0.25) is 0 Å². The highest BCUT2D eigenvalue weighted by Crippen LogP contribution is 2.24. The van der Waals surface area contributed by atoms with E-state index in [1.54, 1.807) is 36.4 Å². The number of halogens is 2. The van der Waals surface area contributed by atoms with E-state index in [1.807, 2.05) is 19.1 Å². The maximum Gasteiger partial charge on any atom is 0.287 e. The monoisotopic (exact) mass is 333 g/mol. The summed E-state index contributed by atoms with van der Waals surface area (Å²) in [6.07, 6.45) is 0. The molecule has 0 aliphatic heterocycles. The maximum atomic E-state index is 12.3. The number of nitrogens with one attached hydrogen (secondary N) is 1. The number of carbonyl (C=O) groups is 1. The van der Waals surface area contributed by atoms with Crippen molar-refractivity contribution in [2.24, 2.45) is 0 Å². The van der Waals surface area contributed by atoms with Crippen LogP contribution in [0.4, 0.5) is 0 Å². The van der Waals surface area contributed by atoms with E-state index < -0.39 is 0 Å². The minimum Gasteiger partial charge on any atom is -0.451 e. The summed E-state index contributed by atoms with van der Waals surface area (Å²) in [4.78, 5) is 12.3. The van der Waals surface area contributed by atoms with E-state index in [1.165, 1.54) is 0 Å². The van der Waals surface area contributed by atoms with Crippen molar-refractivity contribution in [2.75, 3.05) is 0 Å². The third-order valence-corrected chi connectivity index (χ3v) is 3.91. The average molecular weight is 334 g/mol. The first kappa shape index (κ1) is 14.9. The van der Waals surface area contributed by atoms with Gasteiger partial charge in [0, 0.05) is 15.4 Å². The molecule has 0 bridgehead atoms. The standard InChI is InChI=1S/C17H13Cl2NO2/c1-10(11-2-4-13(18)5-3-11)20-17(21)16-9-12-8-14(19)6-7-15(12)22-16/h2-10H,1H3,(H,20,21). The van der Waals surface area contributed by atoms with Crippen LogP contribution >= 0.6 is 23.2 Å². The van der Waals surface area contributed by atoms with E-state index >= 15 is 0 Å². The summed E-state index contributed by atoms with van der Waals surface area (Å²) in [5.74, 6) is -0.00662. The molecule has 3 rings (SSSR count). The quantitative estimate of drug-likeness (QED) is 0.712. The molecule has 22 heavy (non-hydrogen) atoms. The Morgan fingerprint density at radius 3 is 2.45 bits per heavy atom. The van der Waals surface area contributed by atoms with E-state index in [0.717, 1.165) is 10.9 Å². The van der Waals surface area contributed by atoms with Crippen molar-refractivity contribution < 1.29 is 9.21 Å². The molecular formula is C17H13Cl2NO2. The first-order chi connectivity index (χ1) is 10.5. The van der Waals surface area contributed by atoms with Crippen molar-refractivity contribution in [1.29, 1.82) is 0 Å². The Bertz CT molecular complexity index is 824. The fraction of sp³-hybridized carbons (Fsp3) is 0.118. The van der Waals surface area contributed by atoms with Crippen LogP contribution < -0.4 is 5.32 Å². The number of carbonyl (C=O) groups excluding carboxylic acids is 1. The number of hydrogen-bond donors (Lipinski definition) is 1. The van der Waals surface area contributed by atoms with Gasteiger partial charge in [0.25, 0.3) is 5.91 Å². The van der Waals surface area contributed by atoms with E-state index in [9.17, 15) is 4.79 Å². The lowest BCUT2D eigenvalue weighted by atomic mass is 10.1. The summed E-state index contributed by atoms with van der Waals surface area (Å²) in [7, 11) is 0. The van der Waals surface area contributed by atoms with Crippen LogP contribution in [0.2, 0.25) is 10.0 Å². The van der Waals surface area contributed by atoms with Crippen LogP contribution in [0.5, 0.6) is 0 Å². The first-order valence-electron chi connectivity index (χ1n) is 6.78.